The number of hydrogen-bond donors (Lipinski definition) is 0. The highest BCUT2D eigenvalue weighted by Crippen LogP contribution is 2.52. The van der Waals surface area contributed by atoms with Crippen LogP contribution in [-0.4, -0.2) is 0 Å². The number of thiophene rings is 1. The lowest BCUT2D eigenvalue weighted by molar-refractivity contribution is 1.63. The molecule has 236 valence electrons. The van der Waals surface area contributed by atoms with Gasteiger partial charge in [-0.05, 0) is 118 Å². The second-order valence-corrected chi connectivity index (χ2v) is 14.6. The second kappa shape index (κ2) is 11.1. The molecule has 0 radical (unpaired) electrons. The van der Waals surface area contributed by atoms with Gasteiger partial charge in [0.1, 0.15) is 0 Å². The van der Waals surface area contributed by atoms with E-state index in [1.54, 1.807) is 0 Å². The molecule has 0 unspecified atom stereocenters. The van der Waals surface area contributed by atoms with E-state index in [9.17, 15) is 0 Å². The minimum atomic E-state index is 1.22. The fourth-order valence-corrected chi connectivity index (χ4v) is 9.70. The van der Waals surface area contributed by atoms with Crippen molar-refractivity contribution in [2.75, 3.05) is 0 Å². The predicted molar refractivity (Wildman–Crippen MR) is 223 cm³/mol. The van der Waals surface area contributed by atoms with E-state index in [1.807, 2.05) is 11.3 Å². The summed E-state index contributed by atoms with van der Waals surface area (Å²) in [7, 11) is 0. The summed E-state index contributed by atoms with van der Waals surface area (Å²) in [6.07, 6.45) is 0. The average molecular weight is 663 g/mol. The first-order valence-corrected chi connectivity index (χ1v) is 18.4. The van der Waals surface area contributed by atoms with E-state index in [-0.39, 0.29) is 0 Å². The third-order valence-corrected chi connectivity index (χ3v) is 12.0. The van der Waals surface area contributed by atoms with E-state index in [0.29, 0.717) is 0 Å². The Hall–Kier alpha value is -6.28. The molecule has 0 atom stereocenters. The Bertz CT molecular complexity index is 3180. The van der Waals surface area contributed by atoms with Crippen LogP contribution in [0, 0.1) is 0 Å². The molecule has 0 aliphatic carbocycles. The van der Waals surface area contributed by atoms with Crippen LogP contribution in [0.5, 0.6) is 0 Å². The maximum atomic E-state index is 2.45. The van der Waals surface area contributed by atoms with Gasteiger partial charge in [0.25, 0.3) is 0 Å². The molecule has 11 rings (SSSR count). The van der Waals surface area contributed by atoms with Gasteiger partial charge in [-0.3, -0.25) is 0 Å². The van der Waals surface area contributed by atoms with Crippen molar-refractivity contribution < 1.29 is 0 Å². The van der Waals surface area contributed by atoms with Crippen molar-refractivity contribution in [2.24, 2.45) is 0 Å². The molecule has 51 heavy (non-hydrogen) atoms. The zero-order chi connectivity index (χ0) is 33.5. The van der Waals surface area contributed by atoms with Crippen LogP contribution in [0.3, 0.4) is 0 Å². The van der Waals surface area contributed by atoms with Gasteiger partial charge in [0, 0.05) is 20.2 Å². The Labute approximate surface area is 299 Å². The Kier molecular flexibility index (Phi) is 6.22. The van der Waals surface area contributed by atoms with E-state index < -0.39 is 0 Å². The predicted octanol–water partition coefficient (Wildman–Crippen LogP) is 14.8. The summed E-state index contributed by atoms with van der Waals surface area (Å²) < 4.78 is 2.65. The standard InChI is InChI=1S/C50H30S/c1-2-14-31(15-3-1)42-28-32-16-4-5-17-33(32)29-44(42)48-41-24-11-10-23-40(41)47(34-26-27-46-43(30-34)37-20-12-13-25-45(37)51-46)49-38-21-8-6-18-35(38)36-19-7-9-22-39(36)50(48)49/h1-30H. The second-order valence-electron chi connectivity index (χ2n) is 13.6. The molecule has 11 aromatic rings. The van der Waals surface area contributed by atoms with Crippen LogP contribution in [-0.2, 0) is 0 Å². The summed E-state index contributed by atoms with van der Waals surface area (Å²) in [6.45, 7) is 0. The number of fused-ring (bicyclic) bond motifs is 11. The first-order valence-electron chi connectivity index (χ1n) is 17.6. The van der Waals surface area contributed by atoms with Crippen molar-refractivity contribution in [3.8, 4) is 33.4 Å². The van der Waals surface area contributed by atoms with Gasteiger partial charge in [0.05, 0.1) is 0 Å². The number of rotatable bonds is 3. The Morgan fingerprint density at radius 3 is 1.45 bits per heavy atom. The number of hydrogen-bond acceptors (Lipinski definition) is 1. The Balaban J connectivity index is 1.40. The highest BCUT2D eigenvalue weighted by Gasteiger charge is 2.24. The molecule has 0 aliphatic heterocycles. The van der Waals surface area contributed by atoms with Crippen LogP contribution in [0.15, 0.2) is 182 Å². The summed E-state index contributed by atoms with van der Waals surface area (Å²) in [5, 5.41) is 15.4. The lowest BCUT2D eigenvalue weighted by Crippen LogP contribution is -1.95. The quantitative estimate of drug-likeness (QED) is 0.130. The SMILES string of the molecule is c1ccc(-c2cc3ccccc3cc2-c2c3ccccc3c(-c3ccc4sc5ccccc5c4c3)c3c4ccccc4c4ccccc4c23)cc1. The van der Waals surface area contributed by atoms with Gasteiger partial charge in [-0.2, -0.15) is 0 Å². The summed E-state index contributed by atoms with van der Waals surface area (Å²) in [5.74, 6) is 0. The Morgan fingerprint density at radius 1 is 0.275 bits per heavy atom. The maximum Gasteiger partial charge on any atom is 0.0355 e. The van der Waals surface area contributed by atoms with E-state index in [4.69, 9.17) is 0 Å². The van der Waals surface area contributed by atoms with Crippen LogP contribution < -0.4 is 0 Å². The van der Waals surface area contributed by atoms with E-state index in [1.165, 1.54) is 107 Å². The molecule has 1 heterocycles. The summed E-state index contributed by atoms with van der Waals surface area (Å²) in [5.41, 5.74) is 7.56. The van der Waals surface area contributed by atoms with Crippen molar-refractivity contribution in [2.45, 2.75) is 0 Å². The lowest BCUT2D eigenvalue weighted by atomic mass is 9.79. The van der Waals surface area contributed by atoms with Crippen LogP contribution in [0.1, 0.15) is 0 Å². The zero-order valence-corrected chi connectivity index (χ0v) is 28.5. The number of benzene rings is 10. The fourth-order valence-electron chi connectivity index (χ4n) is 8.61. The first-order chi connectivity index (χ1) is 25.3. The summed E-state index contributed by atoms with van der Waals surface area (Å²) in [6, 6.07) is 67.7. The van der Waals surface area contributed by atoms with Gasteiger partial charge >= 0.3 is 0 Å². The average Bonchev–Trinajstić information content (AvgIpc) is 3.58. The summed E-state index contributed by atoms with van der Waals surface area (Å²) in [4.78, 5) is 0. The molecule has 0 saturated carbocycles. The molecule has 0 saturated heterocycles. The van der Waals surface area contributed by atoms with Crippen molar-refractivity contribution in [3.05, 3.63) is 182 Å². The lowest BCUT2D eigenvalue weighted by Gasteiger charge is -2.23. The molecule has 10 aromatic carbocycles. The van der Waals surface area contributed by atoms with Gasteiger partial charge in [0.15, 0.2) is 0 Å². The molecule has 0 N–H and O–H groups in total. The topological polar surface area (TPSA) is 0 Å². The van der Waals surface area contributed by atoms with Crippen molar-refractivity contribution in [1.29, 1.82) is 0 Å². The molecular weight excluding hydrogens is 633 g/mol. The molecular formula is C50H30S. The molecule has 0 aliphatic rings. The van der Waals surface area contributed by atoms with Crippen LogP contribution in [0.4, 0.5) is 0 Å². The molecule has 1 aromatic heterocycles. The third kappa shape index (κ3) is 4.26. The highest BCUT2D eigenvalue weighted by molar-refractivity contribution is 7.25. The molecule has 0 amide bonds. The normalized spacial score (nSPS) is 11.9. The first kappa shape index (κ1) is 28.5. The van der Waals surface area contributed by atoms with Gasteiger partial charge in [-0.1, -0.05) is 152 Å². The fraction of sp³-hybridized carbons (Fsp3) is 0. The summed E-state index contributed by atoms with van der Waals surface area (Å²) >= 11 is 1.88. The van der Waals surface area contributed by atoms with Gasteiger partial charge < -0.3 is 0 Å². The molecule has 0 bridgehead atoms. The van der Waals surface area contributed by atoms with Gasteiger partial charge in [0.2, 0.25) is 0 Å². The minimum Gasteiger partial charge on any atom is -0.135 e. The van der Waals surface area contributed by atoms with Crippen molar-refractivity contribution in [1.82, 2.24) is 0 Å². The van der Waals surface area contributed by atoms with Crippen LogP contribution in [0.2, 0.25) is 0 Å². The van der Waals surface area contributed by atoms with Crippen molar-refractivity contribution in [3.63, 3.8) is 0 Å². The van der Waals surface area contributed by atoms with E-state index in [0.717, 1.165) is 0 Å². The largest absolute Gasteiger partial charge is 0.135 e. The smallest absolute Gasteiger partial charge is 0.0355 e. The molecule has 0 fully saturated rings. The third-order valence-electron chi connectivity index (χ3n) is 10.8. The molecule has 0 spiro atoms. The van der Waals surface area contributed by atoms with Gasteiger partial charge in [-0.25, -0.2) is 0 Å². The van der Waals surface area contributed by atoms with E-state index >= 15 is 0 Å². The molecule has 0 nitrogen and oxygen atoms in total. The highest BCUT2D eigenvalue weighted by atomic mass is 32.1. The zero-order valence-electron chi connectivity index (χ0n) is 27.7. The van der Waals surface area contributed by atoms with Gasteiger partial charge in [-0.15, -0.1) is 11.3 Å². The van der Waals surface area contributed by atoms with Crippen LogP contribution >= 0.6 is 11.3 Å². The van der Waals surface area contributed by atoms with Crippen LogP contribution in [0.25, 0.3) is 107 Å². The molecule has 1 heteroatoms. The minimum absolute atomic E-state index is 1.22. The maximum absolute atomic E-state index is 2.45. The monoisotopic (exact) mass is 662 g/mol. The van der Waals surface area contributed by atoms with Crippen molar-refractivity contribution >= 4 is 85.4 Å². The van der Waals surface area contributed by atoms with E-state index in [2.05, 4.69) is 182 Å². The Morgan fingerprint density at radius 2 is 0.765 bits per heavy atom.